The van der Waals surface area contributed by atoms with Crippen molar-refractivity contribution in [1.29, 1.82) is 0 Å². The average Bonchev–Trinajstić information content (AvgIpc) is 2.56. The van der Waals surface area contributed by atoms with Crippen LogP contribution in [0.4, 0.5) is 0 Å². The van der Waals surface area contributed by atoms with E-state index in [0.29, 0.717) is 11.5 Å². The number of aromatic hydroxyl groups is 1. The van der Waals surface area contributed by atoms with Gasteiger partial charge in [-0.05, 0) is 59.7 Å². The fraction of sp³-hybridized carbons (Fsp3) is 0.0526. The first-order valence-corrected chi connectivity index (χ1v) is 9.18. The van der Waals surface area contributed by atoms with Crippen molar-refractivity contribution < 1.29 is 18.3 Å². The summed E-state index contributed by atoms with van der Waals surface area (Å²) in [4.78, 5) is 0.262. The Morgan fingerprint density at radius 3 is 1.58 bits per heavy atom. The van der Waals surface area contributed by atoms with Crippen molar-refractivity contribution in [3.05, 3.63) is 72.8 Å². The molecule has 0 fully saturated rings. The first kappa shape index (κ1) is 16.1. The first-order chi connectivity index (χ1) is 11.4. The van der Waals surface area contributed by atoms with E-state index in [-0.39, 0.29) is 10.6 Å². The second-order valence-corrected chi connectivity index (χ2v) is 7.43. The Balaban J connectivity index is 1.75. The minimum Gasteiger partial charge on any atom is -0.508 e. The average molecular weight is 340 g/mol. The van der Waals surface area contributed by atoms with Crippen molar-refractivity contribution >= 4 is 9.84 Å². The summed E-state index contributed by atoms with van der Waals surface area (Å²) in [5.41, 5.74) is 2.01. The minimum absolute atomic E-state index is 0.233. The minimum atomic E-state index is -3.21. The Hall–Kier alpha value is -2.79. The van der Waals surface area contributed by atoms with E-state index in [4.69, 9.17) is 4.74 Å². The molecule has 122 valence electrons. The molecule has 3 aromatic carbocycles. The van der Waals surface area contributed by atoms with Gasteiger partial charge in [0.25, 0.3) is 0 Å². The van der Waals surface area contributed by atoms with Gasteiger partial charge in [-0.2, -0.15) is 0 Å². The molecule has 0 unspecified atom stereocenters. The summed E-state index contributed by atoms with van der Waals surface area (Å²) in [7, 11) is -3.21. The highest BCUT2D eigenvalue weighted by Gasteiger charge is 2.07. The number of phenolic OH excluding ortho intramolecular Hbond substituents is 1. The summed E-state index contributed by atoms with van der Waals surface area (Å²) in [6.07, 6.45) is 1.17. The van der Waals surface area contributed by atoms with Gasteiger partial charge >= 0.3 is 0 Å². The predicted molar refractivity (Wildman–Crippen MR) is 93.2 cm³/mol. The third-order valence-corrected chi connectivity index (χ3v) is 4.67. The van der Waals surface area contributed by atoms with Gasteiger partial charge in [0.2, 0.25) is 0 Å². The van der Waals surface area contributed by atoms with Crippen LogP contribution in [0.2, 0.25) is 0 Å². The summed E-state index contributed by atoms with van der Waals surface area (Å²) in [5, 5.41) is 9.32. The molecule has 4 nitrogen and oxygen atoms in total. The number of ether oxygens (including phenoxy) is 1. The van der Waals surface area contributed by atoms with Crippen LogP contribution in [0.25, 0.3) is 11.1 Å². The van der Waals surface area contributed by atoms with Crippen LogP contribution in [-0.4, -0.2) is 19.8 Å². The van der Waals surface area contributed by atoms with E-state index in [0.717, 1.165) is 11.1 Å². The molecule has 0 spiro atoms. The van der Waals surface area contributed by atoms with E-state index in [1.54, 1.807) is 24.3 Å². The highest BCUT2D eigenvalue weighted by molar-refractivity contribution is 7.90. The molecule has 0 atom stereocenters. The molecular weight excluding hydrogens is 324 g/mol. The van der Waals surface area contributed by atoms with Gasteiger partial charge in [-0.3, -0.25) is 0 Å². The van der Waals surface area contributed by atoms with Crippen molar-refractivity contribution in [3.63, 3.8) is 0 Å². The van der Waals surface area contributed by atoms with Gasteiger partial charge in [-0.15, -0.1) is 0 Å². The number of phenols is 1. The van der Waals surface area contributed by atoms with E-state index in [1.165, 1.54) is 18.4 Å². The van der Waals surface area contributed by atoms with Gasteiger partial charge in [0.1, 0.15) is 17.2 Å². The number of sulfone groups is 1. The standard InChI is InChI=1S/C19H16O4S/c1-24(21,22)19-12-10-18(11-13-19)23-17-8-4-15(5-9-17)14-2-6-16(20)7-3-14/h2-13,20H,1H3. The van der Waals surface area contributed by atoms with E-state index in [1.807, 2.05) is 36.4 Å². The Bertz CT molecular complexity index is 926. The van der Waals surface area contributed by atoms with Crippen LogP contribution in [-0.2, 0) is 9.84 Å². The molecular formula is C19H16O4S. The third kappa shape index (κ3) is 3.75. The molecule has 0 aliphatic heterocycles. The lowest BCUT2D eigenvalue weighted by molar-refractivity contribution is 0.475. The van der Waals surface area contributed by atoms with E-state index < -0.39 is 9.84 Å². The fourth-order valence-electron chi connectivity index (χ4n) is 2.26. The lowest BCUT2D eigenvalue weighted by Crippen LogP contribution is -1.96. The van der Waals surface area contributed by atoms with E-state index in [9.17, 15) is 13.5 Å². The van der Waals surface area contributed by atoms with E-state index >= 15 is 0 Å². The number of benzene rings is 3. The first-order valence-electron chi connectivity index (χ1n) is 7.29. The van der Waals surface area contributed by atoms with Gasteiger partial charge in [-0.25, -0.2) is 8.42 Å². The van der Waals surface area contributed by atoms with Crippen molar-refractivity contribution in [1.82, 2.24) is 0 Å². The van der Waals surface area contributed by atoms with Crippen LogP contribution in [0.15, 0.2) is 77.7 Å². The van der Waals surface area contributed by atoms with Crippen molar-refractivity contribution in [2.45, 2.75) is 4.90 Å². The molecule has 5 heteroatoms. The highest BCUT2D eigenvalue weighted by atomic mass is 32.2. The molecule has 3 aromatic rings. The molecule has 24 heavy (non-hydrogen) atoms. The second kappa shape index (κ2) is 6.37. The van der Waals surface area contributed by atoms with Gasteiger partial charge in [0.15, 0.2) is 9.84 Å². The van der Waals surface area contributed by atoms with Crippen LogP contribution in [0.5, 0.6) is 17.2 Å². The Morgan fingerprint density at radius 2 is 1.12 bits per heavy atom. The van der Waals surface area contributed by atoms with Gasteiger partial charge < -0.3 is 9.84 Å². The maximum atomic E-state index is 11.4. The maximum absolute atomic E-state index is 11.4. The zero-order valence-electron chi connectivity index (χ0n) is 13.0. The quantitative estimate of drug-likeness (QED) is 0.771. The van der Waals surface area contributed by atoms with Crippen molar-refractivity contribution in [2.24, 2.45) is 0 Å². The highest BCUT2D eigenvalue weighted by Crippen LogP contribution is 2.27. The molecule has 0 aromatic heterocycles. The summed E-state index contributed by atoms with van der Waals surface area (Å²) in [6, 6.07) is 20.8. The predicted octanol–water partition coefficient (Wildman–Crippen LogP) is 4.26. The molecule has 3 rings (SSSR count). The lowest BCUT2D eigenvalue weighted by atomic mass is 10.1. The number of rotatable bonds is 4. The fourth-order valence-corrected chi connectivity index (χ4v) is 2.89. The largest absolute Gasteiger partial charge is 0.508 e. The van der Waals surface area contributed by atoms with Gasteiger partial charge in [0.05, 0.1) is 4.90 Å². The summed E-state index contributed by atoms with van der Waals surface area (Å²) in [5.74, 6) is 1.46. The molecule has 0 saturated carbocycles. The molecule has 1 N–H and O–H groups in total. The van der Waals surface area contributed by atoms with Gasteiger partial charge in [-0.1, -0.05) is 24.3 Å². The monoisotopic (exact) mass is 340 g/mol. The lowest BCUT2D eigenvalue weighted by Gasteiger charge is -2.08. The second-order valence-electron chi connectivity index (χ2n) is 5.42. The molecule has 0 radical (unpaired) electrons. The number of hydrogen-bond acceptors (Lipinski definition) is 4. The Morgan fingerprint density at radius 1 is 0.708 bits per heavy atom. The molecule has 0 aliphatic carbocycles. The zero-order chi connectivity index (χ0) is 17.2. The molecule has 0 bridgehead atoms. The molecule has 0 aliphatic rings. The van der Waals surface area contributed by atoms with Crippen LogP contribution < -0.4 is 4.74 Å². The van der Waals surface area contributed by atoms with Crippen LogP contribution >= 0.6 is 0 Å². The summed E-state index contributed by atoms with van der Waals surface area (Å²) >= 11 is 0. The summed E-state index contributed by atoms with van der Waals surface area (Å²) < 4.78 is 28.6. The van der Waals surface area contributed by atoms with Crippen LogP contribution in [0.3, 0.4) is 0 Å². The molecule has 0 saturated heterocycles. The van der Waals surface area contributed by atoms with Crippen molar-refractivity contribution in [3.8, 4) is 28.4 Å². The Kier molecular flexibility index (Phi) is 4.27. The number of hydrogen-bond donors (Lipinski definition) is 1. The zero-order valence-corrected chi connectivity index (χ0v) is 13.8. The third-order valence-electron chi connectivity index (χ3n) is 3.54. The van der Waals surface area contributed by atoms with Crippen LogP contribution in [0, 0.1) is 0 Å². The Labute approximate surface area is 140 Å². The van der Waals surface area contributed by atoms with E-state index in [2.05, 4.69) is 0 Å². The molecule has 0 amide bonds. The van der Waals surface area contributed by atoms with Gasteiger partial charge in [0, 0.05) is 6.26 Å². The smallest absolute Gasteiger partial charge is 0.175 e. The van der Waals surface area contributed by atoms with Crippen molar-refractivity contribution in [2.75, 3.05) is 6.26 Å². The van der Waals surface area contributed by atoms with Crippen LogP contribution in [0.1, 0.15) is 0 Å². The molecule has 0 heterocycles. The topological polar surface area (TPSA) is 63.6 Å². The SMILES string of the molecule is CS(=O)(=O)c1ccc(Oc2ccc(-c3ccc(O)cc3)cc2)cc1. The summed E-state index contributed by atoms with van der Waals surface area (Å²) in [6.45, 7) is 0. The maximum Gasteiger partial charge on any atom is 0.175 e. The normalized spacial score (nSPS) is 11.2.